The van der Waals surface area contributed by atoms with E-state index in [1.54, 1.807) is 26.2 Å². The Hall–Kier alpha value is -0.660. The van der Waals surface area contributed by atoms with Gasteiger partial charge in [0.05, 0.1) is 0 Å². The average molecular weight is 360 g/mol. The Morgan fingerprint density at radius 3 is 2.52 bits per heavy atom. The number of halogens is 1. The van der Waals surface area contributed by atoms with Gasteiger partial charge in [-0.25, -0.2) is 0 Å². The normalized spacial score (nSPS) is 18.9. The summed E-state index contributed by atoms with van der Waals surface area (Å²) in [4.78, 5) is 0. The zero-order chi connectivity index (χ0) is 16.9. The van der Waals surface area contributed by atoms with E-state index >= 15 is 0 Å². The van der Waals surface area contributed by atoms with Crippen LogP contribution in [0.4, 0.5) is 0 Å². The maximum atomic E-state index is 12.5. The molecule has 1 N–H and O–H groups in total. The van der Waals surface area contributed by atoms with Crippen molar-refractivity contribution in [3.8, 4) is 0 Å². The van der Waals surface area contributed by atoms with Gasteiger partial charge in [0.2, 0.25) is 0 Å². The molecule has 1 aliphatic heterocycles. The van der Waals surface area contributed by atoms with E-state index in [-0.39, 0.29) is 0 Å². The van der Waals surface area contributed by atoms with Crippen LogP contribution in [0.3, 0.4) is 0 Å². The minimum Gasteiger partial charge on any atom is -0.314 e. The van der Waals surface area contributed by atoms with Gasteiger partial charge >= 0.3 is 0 Å². The molecule has 5 nitrogen and oxygen atoms in total. The van der Waals surface area contributed by atoms with Crippen LogP contribution in [-0.4, -0.2) is 50.3 Å². The molecule has 1 saturated heterocycles. The fraction of sp³-hybridized carbons (Fsp3) is 0.625. The molecule has 0 saturated carbocycles. The highest BCUT2D eigenvalue weighted by Gasteiger charge is 2.24. The lowest BCUT2D eigenvalue weighted by Crippen LogP contribution is -2.40. The first-order valence-corrected chi connectivity index (χ1v) is 9.82. The van der Waals surface area contributed by atoms with Crippen molar-refractivity contribution in [3.05, 3.63) is 34.9 Å². The summed E-state index contributed by atoms with van der Waals surface area (Å²) in [5, 5.41) is 4.09. The number of nitrogens with one attached hydrogen (secondary N) is 1. The summed E-state index contributed by atoms with van der Waals surface area (Å²) < 4.78 is 27.9. The lowest BCUT2D eigenvalue weighted by atomic mass is 10.1. The van der Waals surface area contributed by atoms with E-state index in [4.69, 9.17) is 11.6 Å². The second-order valence-corrected chi connectivity index (χ2v) is 8.73. The third-order valence-electron chi connectivity index (χ3n) is 4.29. The summed E-state index contributed by atoms with van der Waals surface area (Å²) >= 11 is 5.85. The number of rotatable bonds is 8. The van der Waals surface area contributed by atoms with E-state index in [0.717, 1.165) is 24.9 Å². The molecule has 0 amide bonds. The van der Waals surface area contributed by atoms with Crippen LogP contribution in [0.5, 0.6) is 0 Å². The molecule has 2 rings (SSSR count). The van der Waals surface area contributed by atoms with E-state index < -0.39 is 10.2 Å². The van der Waals surface area contributed by atoms with Gasteiger partial charge in [0.1, 0.15) is 0 Å². The quantitative estimate of drug-likeness (QED) is 0.775. The Morgan fingerprint density at radius 2 is 1.91 bits per heavy atom. The van der Waals surface area contributed by atoms with Crippen molar-refractivity contribution in [3.63, 3.8) is 0 Å². The summed E-state index contributed by atoms with van der Waals surface area (Å²) in [5.74, 6) is 0. The minimum absolute atomic E-state index is 0.341. The number of nitrogens with zero attached hydrogens (tertiary/aromatic N) is 2. The summed E-state index contributed by atoms with van der Waals surface area (Å²) in [5.41, 5.74) is 0.920. The molecule has 1 atom stereocenters. The van der Waals surface area contributed by atoms with E-state index in [0.29, 0.717) is 24.2 Å². The van der Waals surface area contributed by atoms with Crippen molar-refractivity contribution in [2.75, 3.05) is 27.2 Å². The second kappa shape index (κ2) is 8.44. The number of hydrogen-bond acceptors (Lipinski definition) is 3. The van der Waals surface area contributed by atoms with Gasteiger partial charge in [0, 0.05) is 38.2 Å². The van der Waals surface area contributed by atoms with E-state index in [1.165, 1.54) is 21.5 Å². The molecule has 130 valence electrons. The molecular weight excluding hydrogens is 334 g/mol. The molecule has 0 radical (unpaired) electrons. The van der Waals surface area contributed by atoms with Crippen molar-refractivity contribution >= 4 is 21.8 Å². The fourth-order valence-corrected chi connectivity index (χ4v) is 4.12. The zero-order valence-electron chi connectivity index (χ0n) is 13.8. The smallest absolute Gasteiger partial charge is 0.281 e. The van der Waals surface area contributed by atoms with Crippen LogP contribution < -0.4 is 5.32 Å². The lowest BCUT2D eigenvalue weighted by Gasteiger charge is -2.25. The Balaban J connectivity index is 1.83. The predicted molar refractivity (Wildman–Crippen MR) is 94.7 cm³/mol. The monoisotopic (exact) mass is 359 g/mol. The standard InChI is InChI=1S/C16H26ClN3O2S/c1-19(12-4-6-16-5-3-11-18-16)23(21,22)20(2)13-14-7-9-15(17)10-8-14/h7-10,16,18H,3-6,11-13H2,1-2H3/t16-/m0/s1. The van der Waals surface area contributed by atoms with Crippen LogP contribution in [0.25, 0.3) is 0 Å². The van der Waals surface area contributed by atoms with Crippen LogP contribution in [0, 0.1) is 0 Å². The number of benzene rings is 1. The van der Waals surface area contributed by atoms with Gasteiger partial charge in [-0.3, -0.25) is 0 Å². The van der Waals surface area contributed by atoms with Gasteiger partial charge in [-0.1, -0.05) is 23.7 Å². The molecular formula is C16H26ClN3O2S. The maximum Gasteiger partial charge on any atom is 0.281 e. The van der Waals surface area contributed by atoms with Crippen molar-refractivity contribution in [2.24, 2.45) is 0 Å². The largest absolute Gasteiger partial charge is 0.314 e. The fourth-order valence-electron chi connectivity index (χ4n) is 2.85. The van der Waals surface area contributed by atoms with Crippen LogP contribution in [-0.2, 0) is 16.8 Å². The van der Waals surface area contributed by atoms with E-state index in [1.807, 2.05) is 12.1 Å². The molecule has 0 unspecified atom stereocenters. The Labute approximate surface area is 144 Å². The van der Waals surface area contributed by atoms with Crippen LogP contribution in [0.2, 0.25) is 5.02 Å². The van der Waals surface area contributed by atoms with Gasteiger partial charge in [-0.15, -0.1) is 0 Å². The predicted octanol–water partition coefficient (Wildman–Crippen LogP) is 2.48. The van der Waals surface area contributed by atoms with Crippen LogP contribution in [0.15, 0.2) is 24.3 Å². The molecule has 23 heavy (non-hydrogen) atoms. The summed E-state index contributed by atoms with van der Waals surface area (Å²) in [6.45, 7) is 1.97. The summed E-state index contributed by atoms with van der Waals surface area (Å²) in [6.07, 6.45) is 4.33. The first-order chi connectivity index (χ1) is 10.9. The highest BCUT2D eigenvalue weighted by atomic mass is 35.5. The Morgan fingerprint density at radius 1 is 1.22 bits per heavy atom. The third-order valence-corrected chi connectivity index (χ3v) is 6.43. The molecule has 1 fully saturated rings. The van der Waals surface area contributed by atoms with Crippen LogP contribution >= 0.6 is 11.6 Å². The molecule has 0 bridgehead atoms. The number of hydrogen-bond donors (Lipinski definition) is 1. The van der Waals surface area contributed by atoms with Crippen molar-refractivity contribution < 1.29 is 8.42 Å². The zero-order valence-corrected chi connectivity index (χ0v) is 15.4. The molecule has 1 aliphatic rings. The van der Waals surface area contributed by atoms with Crippen molar-refractivity contribution in [2.45, 2.75) is 38.3 Å². The second-order valence-electron chi connectivity index (χ2n) is 6.15. The van der Waals surface area contributed by atoms with E-state index in [9.17, 15) is 8.42 Å². The highest BCUT2D eigenvalue weighted by molar-refractivity contribution is 7.86. The first-order valence-electron chi connectivity index (χ1n) is 8.05. The van der Waals surface area contributed by atoms with Gasteiger partial charge in [0.15, 0.2) is 0 Å². The average Bonchev–Trinajstić information content (AvgIpc) is 3.02. The van der Waals surface area contributed by atoms with Crippen molar-refractivity contribution in [1.29, 1.82) is 0 Å². The Bertz CT molecular complexity index is 586. The highest BCUT2D eigenvalue weighted by Crippen LogP contribution is 2.15. The van der Waals surface area contributed by atoms with Crippen LogP contribution in [0.1, 0.15) is 31.2 Å². The molecule has 0 aromatic heterocycles. The molecule has 0 aliphatic carbocycles. The van der Waals surface area contributed by atoms with Gasteiger partial charge < -0.3 is 5.32 Å². The topological polar surface area (TPSA) is 52.7 Å². The molecule has 0 spiro atoms. The summed E-state index contributed by atoms with van der Waals surface area (Å²) in [6, 6.07) is 7.80. The molecule has 1 aromatic rings. The first kappa shape index (κ1) is 18.7. The third kappa shape index (κ3) is 5.43. The van der Waals surface area contributed by atoms with Gasteiger partial charge in [0.25, 0.3) is 10.2 Å². The SMILES string of the molecule is CN(CCC[C@@H]1CCCN1)S(=O)(=O)N(C)Cc1ccc(Cl)cc1. The van der Waals surface area contributed by atoms with Crippen molar-refractivity contribution in [1.82, 2.24) is 13.9 Å². The van der Waals surface area contributed by atoms with E-state index in [2.05, 4.69) is 5.32 Å². The maximum absolute atomic E-state index is 12.5. The Kier molecular flexibility index (Phi) is 6.85. The lowest BCUT2D eigenvalue weighted by molar-refractivity contribution is 0.377. The molecule has 7 heteroatoms. The van der Waals surface area contributed by atoms with Gasteiger partial charge in [-0.05, 0) is 49.9 Å². The molecule has 1 heterocycles. The van der Waals surface area contributed by atoms with Gasteiger partial charge in [-0.2, -0.15) is 17.0 Å². The minimum atomic E-state index is -3.43. The molecule has 1 aromatic carbocycles. The summed E-state index contributed by atoms with van der Waals surface area (Å²) in [7, 11) is -0.171.